The second-order valence-corrected chi connectivity index (χ2v) is 11.5. The van der Waals surface area contributed by atoms with Crippen molar-refractivity contribution in [2.75, 3.05) is 13.1 Å². The highest BCUT2D eigenvalue weighted by atomic mass is 32.2. The van der Waals surface area contributed by atoms with Gasteiger partial charge in [0, 0.05) is 13.1 Å². The molecule has 0 amide bonds. The van der Waals surface area contributed by atoms with E-state index in [-0.39, 0.29) is 11.8 Å². The zero-order valence-corrected chi connectivity index (χ0v) is 20.2. The topological polar surface area (TPSA) is 37.4 Å². The van der Waals surface area contributed by atoms with Gasteiger partial charge in [0.2, 0.25) is 10.0 Å². The second-order valence-electron chi connectivity index (χ2n) is 9.58. The lowest BCUT2D eigenvalue weighted by Crippen LogP contribution is -2.39. The summed E-state index contributed by atoms with van der Waals surface area (Å²) in [5, 5.41) is 0. The second kappa shape index (κ2) is 9.23. The van der Waals surface area contributed by atoms with Crippen LogP contribution in [0.25, 0.3) is 0 Å². The fourth-order valence-electron chi connectivity index (χ4n) is 4.47. The Morgan fingerprint density at radius 1 is 0.800 bits per heavy atom. The molecule has 164 valence electrons. The Morgan fingerprint density at radius 2 is 1.30 bits per heavy atom. The number of piperidine rings is 1. The lowest BCUT2D eigenvalue weighted by molar-refractivity contribution is 0.319. The fourth-order valence-corrected chi connectivity index (χ4v) is 6.61. The van der Waals surface area contributed by atoms with Gasteiger partial charge in [-0.2, -0.15) is 4.31 Å². The van der Waals surface area contributed by atoms with Crippen LogP contribution in [-0.2, 0) is 10.0 Å². The van der Waals surface area contributed by atoms with Gasteiger partial charge < -0.3 is 0 Å². The van der Waals surface area contributed by atoms with E-state index >= 15 is 0 Å². The van der Waals surface area contributed by atoms with Gasteiger partial charge in [0.15, 0.2) is 0 Å². The van der Waals surface area contributed by atoms with E-state index < -0.39 is 10.0 Å². The minimum atomic E-state index is -3.53. The third-order valence-electron chi connectivity index (χ3n) is 6.40. The first-order chi connectivity index (χ1) is 14.1. The summed E-state index contributed by atoms with van der Waals surface area (Å²) in [6, 6.07) is 14.7. The van der Waals surface area contributed by atoms with Gasteiger partial charge in [-0.1, -0.05) is 84.0 Å². The molecule has 0 aliphatic carbocycles. The van der Waals surface area contributed by atoms with Gasteiger partial charge in [0.1, 0.15) is 0 Å². The average Bonchev–Trinajstić information content (AvgIpc) is 2.73. The maximum Gasteiger partial charge on any atom is 0.243 e. The number of nitrogens with zero attached hydrogens (tertiary/aromatic N) is 1. The summed E-state index contributed by atoms with van der Waals surface area (Å²) in [6.07, 6.45) is 1.75. The van der Waals surface area contributed by atoms with Crippen LogP contribution in [0.3, 0.4) is 0 Å². The maximum absolute atomic E-state index is 13.9. The lowest BCUT2D eigenvalue weighted by Gasteiger charge is -2.33. The molecule has 3 nitrogen and oxygen atoms in total. The van der Waals surface area contributed by atoms with Crippen LogP contribution >= 0.6 is 0 Å². The smallest absolute Gasteiger partial charge is 0.207 e. The van der Waals surface area contributed by atoms with Crippen molar-refractivity contribution in [3.05, 3.63) is 64.7 Å². The van der Waals surface area contributed by atoms with Crippen molar-refractivity contribution >= 4 is 10.0 Å². The molecule has 1 heterocycles. The van der Waals surface area contributed by atoms with Gasteiger partial charge in [0.25, 0.3) is 0 Å². The standard InChI is InChI=1S/C26H37NO2S/c1-18(2)23-16-24(19(3)4)26(25(17-23)20(5)6)30(28,29)27-14-12-22(13-15-27)21-10-8-7-9-11-21/h7-11,16-20,22H,12-15H2,1-6H3. The molecular formula is C26H37NO2S. The van der Waals surface area contributed by atoms with E-state index in [9.17, 15) is 8.42 Å². The van der Waals surface area contributed by atoms with Crippen LogP contribution in [0.2, 0.25) is 0 Å². The largest absolute Gasteiger partial charge is 0.243 e. The Labute approximate surface area is 183 Å². The summed E-state index contributed by atoms with van der Waals surface area (Å²) in [4.78, 5) is 0.565. The van der Waals surface area contributed by atoms with E-state index in [1.54, 1.807) is 4.31 Å². The highest BCUT2D eigenvalue weighted by molar-refractivity contribution is 7.89. The molecule has 1 fully saturated rings. The van der Waals surface area contributed by atoms with Crippen molar-refractivity contribution in [2.45, 2.75) is 83.0 Å². The molecule has 2 aromatic carbocycles. The number of sulfonamides is 1. The normalized spacial score (nSPS) is 16.7. The third kappa shape index (κ3) is 4.65. The molecule has 0 spiro atoms. The van der Waals surface area contributed by atoms with Crippen molar-refractivity contribution in [1.82, 2.24) is 4.31 Å². The molecule has 4 heteroatoms. The molecule has 1 saturated heterocycles. The zero-order valence-electron chi connectivity index (χ0n) is 19.4. The molecule has 30 heavy (non-hydrogen) atoms. The first-order valence-corrected chi connectivity index (χ1v) is 12.8. The van der Waals surface area contributed by atoms with Crippen molar-refractivity contribution in [2.24, 2.45) is 0 Å². The minimum Gasteiger partial charge on any atom is -0.207 e. The molecule has 0 aromatic heterocycles. The Morgan fingerprint density at radius 3 is 1.73 bits per heavy atom. The fraction of sp³-hybridized carbons (Fsp3) is 0.538. The van der Waals surface area contributed by atoms with Gasteiger partial charge in [-0.05, 0) is 58.8 Å². The highest BCUT2D eigenvalue weighted by Crippen LogP contribution is 2.38. The van der Waals surface area contributed by atoms with Gasteiger partial charge in [0.05, 0.1) is 4.90 Å². The predicted octanol–water partition coefficient (Wildman–Crippen LogP) is 6.63. The van der Waals surface area contributed by atoms with E-state index in [2.05, 4.69) is 77.9 Å². The quantitative estimate of drug-likeness (QED) is 0.519. The molecule has 0 bridgehead atoms. The molecule has 0 N–H and O–H groups in total. The first-order valence-electron chi connectivity index (χ1n) is 11.4. The van der Waals surface area contributed by atoms with Gasteiger partial charge in [-0.3, -0.25) is 0 Å². The van der Waals surface area contributed by atoms with Crippen LogP contribution in [-0.4, -0.2) is 25.8 Å². The van der Waals surface area contributed by atoms with E-state index in [0.29, 0.717) is 29.8 Å². The Kier molecular flexibility index (Phi) is 7.09. The molecule has 0 unspecified atom stereocenters. The molecule has 1 aliphatic rings. The van der Waals surface area contributed by atoms with Crippen molar-refractivity contribution in [3.63, 3.8) is 0 Å². The van der Waals surface area contributed by atoms with Gasteiger partial charge in [-0.25, -0.2) is 8.42 Å². The van der Waals surface area contributed by atoms with Crippen LogP contribution in [0.15, 0.2) is 47.4 Å². The Bertz CT molecular complexity index is 925. The van der Waals surface area contributed by atoms with Crippen molar-refractivity contribution in [1.29, 1.82) is 0 Å². The summed E-state index contributed by atoms with van der Waals surface area (Å²) in [5.74, 6) is 1.13. The zero-order chi connectivity index (χ0) is 22.1. The average molecular weight is 428 g/mol. The predicted molar refractivity (Wildman–Crippen MR) is 126 cm³/mol. The van der Waals surface area contributed by atoms with Crippen LogP contribution in [0.5, 0.6) is 0 Å². The SMILES string of the molecule is CC(C)c1cc(C(C)C)c(S(=O)(=O)N2CCC(c3ccccc3)CC2)c(C(C)C)c1. The van der Waals surface area contributed by atoms with E-state index in [0.717, 1.165) is 24.0 Å². The number of hydrogen-bond acceptors (Lipinski definition) is 2. The summed E-state index contributed by atoms with van der Waals surface area (Å²) in [5.41, 5.74) is 4.48. The number of benzene rings is 2. The highest BCUT2D eigenvalue weighted by Gasteiger charge is 2.34. The van der Waals surface area contributed by atoms with Crippen molar-refractivity contribution < 1.29 is 8.42 Å². The first kappa shape index (κ1) is 23.0. The lowest BCUT2D eigenvalue weighted by atomic mass is 9.89. The van der Waals surface area contributed by atoms with E-state index in [1.165, 1.54) is 11.1 Å². The maximum atomic E-state index is 13.9. The molecule has 2 aromatic rings. The number of hydrogen-bond donors (Lipinski definition) is 0. The van der Waals surface area contributed by atoms with Crippen molar-refractivity contribution in [3.8, 4) is 0 Å². The summed E-state index contributed by atoms with van der Waals surface area (Å²) in [7, 11) is -3.53. The van der Waals surface area contributed by atoms with Gasteiger partial charge >= 0.3 is 0 Å². The molecular weight excluding hydrogens is 390 g/mol. The van der Waals surface area contributed by atoms with Crippen LogP contribution in [0, 0.1) is 0 Å². The number of rotatable bonds is 6. The van der Waals surface area contributed by atoms with E-state index in [4.69, 9.17) is 0 Å². The van der Waals surface area contributed by atoms with Gasteiger partial charge in [-0.15, -0.1) is 0 Å². The minimum absolute atomic E-state index is 0.160. The molecule has 0 saturated carbocycles. The molecule has 0 radical (unpaired) electrons. The van der Waals surface area contributed by atoms with E-state index in [1.807, 2.05) is 6.07 Å². The van der Waals surface area contributed by atoms with Crippen LogP contribution in [0.4, 0.5) is 0 Å². The molecule has 0 atom stereocenters. The van der Waals surface area contributed by atoms with Crippen LogP contribution < -0.4 is 0 Å². The summed E-state index contributed by atoms with van der Waals surface area (Å²) >= 11 is 0. The monoisotopic (exact) mass is 427 g/mol. The Hall–Kier alpha value is -1.65. The Balaban J connectivity index is 1.98. The molecule has 1 aliphatic heterocycles. The summed E-state index contributed by atoms with van der Waals surface area (Å²) in [6.45, 7) is 13.9. The summed E-state index contributed by atoms with van der Waals surface area (Å²) < 4.78 is 29.5. The van der Waals surface area contributed by atoms with Crippen LogP contribution in [0.1, 0.15) is 100 Å². The third-order valence-corrected chi connectivity index (χ3v) is 8.43. The molecule has 3 rings (SSSR count).